The Morgan fingerprint density at radius 1 is 1.07 bits per heavy atom. The van der Waals surface area contributed by atoms with Gasteiger partial charge in [-0.15, -0.1) is 0 Å². The van der Waals surface area contributed by atoms with E-state index in [1.165, 1.54) is 23.5 Å². The number of ether oxygens (including phenoxy) is 1. The van der Waals surface area contributed by atoms with Crippen molar-refractivity contribution in [3.63, 3.8) is 0 Å². The van der Waals surface area contributed by atoms with Crippen LogP contribution in [0.5, 0.6) is 11.5 Å². The van der Waals surface area contributed by atoms with Gasteiger partial charge in [-0.05, 0) is 22.4 Å². The second kappa shape index (κ2) is 6.35. The number of aromatic hydroxyl groups is 1. The zero-order chi connectivity index (χ0) is 19.3. The van der Waals surface area contributed by atoms with Crippen LogP contribution in [0, 0.1) is 0 Å². The molecule has 0 saturated heterocycles. The van der Waals surface area contributed by atoms with Crippen molar-refractivity contribution in [2.45, 2.75) is 12.3 Å². The first-order valence-corrected chi connectivity index (χ1v) is 9.68. The number of benzene rings is 2. The quantitative estimate of drug-likeness (QED) is 0.398. The Labute approximate surface area is 163 Å². The van der Waals surface area contributed by atoms with Gasteiger partial charge in [0.15, 0.2) is 5.43 Å². The molecule has 0 saturated carbocycles. The van der Waals surface area contributed by atoms with Crippen molar-refractivity contribution in [2.75, 3.05) is 0 Å². The third kappa shape index (κ3) is 2.61. The first-order valence-electron chi connectivity index (χ1n) is 8.73. The fourth-order valence-electron chi connectivity index (χ4n) is 3.66. The van der Waals surface area contributed by atoms with E-state index in [9.17, 15) is 14.7 Å². The summed E-state index contributed by atoms with van der Waals surface area (Å²) in [4.78, 5) is 25.0. The first kappa shape index (κ1) is 16.8. The molecule has 3 heterocycles. The summed E-state index contributed by atoms with van der Waals surface area (Å²) >= 11 is 1.53. The van der Waals surface area contributed by atoms with Gasteiger partial charge in [0.2, 0.25) is 0 Å². The molecule has 2 aromatic carbocycles. The number of fused-ring (bicyclic) bond motifs is 3. The second-order valence-electron chi connectivity index (χ2n) is 6.64. The molecule has 5 nitrogen and oxygen atoms in total. The molecule has 0 aliphatic carbocycles. The van der Waals surface area contributed by atoms with Gasteiger partial charge in [-0.25, -0.2) is 0 Å². The van der Waals surface area contributed by atoms with E-state index in [1.807, 2.05) is 47.2 Å². The largest absolute Gasteiger partial charge is 0.507 e. The molecule has 138 valence electrons. The standard InChI is InChI=1S/C22H14O5S/c23-15-9-17(12-4-2-1-3-5-12)27-22-20-14(13-6-7-28-11-13)8-19(25)26-18(20)10-16(24)21(15)22/h1-7,9-11,14,24H,8H2. The van der Waals surface area contributed by atoms with Crippen LogP contribution >= 0.6 is 11.3 Å². The van der Waals surface area contributed by atoms with E-state index in [0.29, 0.717) is 11.3 Å². The predicted octanol–water partition coefficient (Wildman–Crippen LogP) is 4.67. The average molecular weight is 390 g/mol. The van der Waals surface area contributed by atoms with Crippen molar-refractivity contribution in [1.29, 1.82) is 0 Å². The zero-order valence-corrected chi connectivity index (χ0v) is 15.4. The van der Waals surface area contributed by atoms with Gasteiger partial charge < -0.3 is 14.3 Å². The third-order valence-electron chi connectivity index (χ3n) is 4.93. The lowest BCUT2D eigenvalue weighted by molar-refractivity contribution is -0.135. The maximum absolute atomic E-state index is 12.8. The Morgan fingerprint density at radius 2 is 1.89 bits per heavy atom. The van der Waals surface area contributed by atoms with Crippen LogP contribution < -0.4 is 10.2 Å². The lowest BCUT2D eigenvalue weighted by Crippen LogP contribution is -2.21. The molecule has 1 atom stereocenters. The van der Waals surface area contributed by atoms with Gasteiger partial charge in [-0.2, -0.15) is 11.3 Å². The molecule has 1 N–H and O–H groups in total. The van der Waals surface area contributed by atoms with E-state index in [-0.39, 0.29) is 46.2 Å². The minimum Gasteiger partial charge on any atom is -0.507 e. The van der Waals surface area contributed by atoms with Crippen LogP contribution in [0.3, 0.4) is 0 Å². The van der Waals surface area contributed by atoms with Gasteiger partial charge in [0.05, 0.1) is 6.42 Å². The summed E-state index contributed by atoms with van der Waals surface area (Å²) in [5.41, 5.74) is 2.22. The molecule has 0 bridgehead atoms. The predicted molar refractivity (Wildman–Crippen MR) is 106 cm³/mol. The second-order valence-corrected chi connectivity index (χ2v) is 7.42. The molecule has 2 aromatic heterocycles. The Balaban J connectivity index is 1.86. The molecule has 0 spiro atoms. The molecule has 6 heteroatoms. The maximum Gasteiger partial charge on any atom is 0.312 e. The van der Waals surface area contributed by atoms with E-state index in [0.717, 1.165) is 11.1 Å². The average Bonchev–Trinajstić information content (AvgIpc) is 3.22. The van der Waals surface area contributed by atoms with Crippen LogP contribution in [0.2, 0.25) is 0 Å². The lowest BCUT2D eigenvalue weighted by atomic mass is 9.86. The minimum atomic E-state index is -0.385. The van der Waals surface area contributed by atoms with Crippen molar-refractivity contribution in [2.24, 2.45) is 0 Å². The van der Waals surface area contributed by atoms with Crippen LogP contribution in [0.15, 0.2) is 68.5 Å². The van der Waals surface area contributed by atoms with Crippen molar-refractivity contribution < 1.29 is 19.1 Å². The van der Waals surface area contributed by atoms with Gasteiger partial charge in [0.25, 0.3) is 0 Å². The highest BCUT2D eigenvalue weighted by Gasteiger charge is 2.33. The van der Waals surface area contributed by atoms with E-state index in [2.05, 4.69) is 0 Å². The number of carbonyl (C=O) groups excluding carboxylic acids is 1. The zero-order valence-electron chi connectivity index (χ0n) is 14.5. The number of carbonyl (C=O) groups is 1. The number of phenolic OH excluding ortho intramolecular Hbond substituents is 1. The molecule has 0 radical (unpaired) electrons. The highest BCUT2D eigenvalue weighted by atomic mass is 32.1. The fraction of sp³-hybridized carbons (Fsp3) is 0.0909. The third-order valence-corrected chi connectivity index (χ3v) is 5.63. The van der Waals surface area contributed by atoms with Gasteiger partial charge in [0.1, 0.15) is 28.2 Å². The van der Waals surface area contributed by atoms with Crippen molar-refractivity contribution in [3.05, 3.63) is 80.6 Å². The molecular weight excluding hydrogens is 376 g/mol. The Kier molecular flexibility index (Phi) is 3.80. The highest BCUT2D eigenvalue weighted by Crippen LogP contribution is 2.46. The maximum atomic E-state index is 12.8. The van der Waals surface area contributed by atoms with Crippen LogP contribution in [0.1, 0.15) is 23.5 Å². The number of hydrogen-bond donors (Lipinski definition) is 1. The molecule has 1 aliphatic rings. The molecule has 5 rings (SSSR count). The first-order chi connectivity index (χ1) is 13.6. The van der Waals surface area contributed by atoms with Gasteiger partial charge in [-0.1, -0.05) is 30.3 Å². The summed E-state index contributed by atoms with van der Waals surface area (Å²) in [5, 5.41) is 14.4. The summed E-state index contributed by atoms with van der Waals surface area (Å²) in [7, 11) is 0. The van der Waals surface area contributed by atoms with E-state index >= 15 is 0 Å². The van der Waals surface area contributed by atoms with E-state index in [4.69, 9.17) is 9.15 Å². The van der Waals surface area contributed by atoms with Gasteiger partial charge in [-0.3, -0.25) is 9.59 Å². The van der Waals surface area contributed by atoms with Crippen LogP contribution in [0.4, 0.5) is 0 Å². The topological polar surface area (TPSA) is 76.7 Å². The van der Waals surface area contributed by atoms with Gasteiger partial charge in [0, 0.05) is 29.2 Å². The molecule has 0 amide bonds. The smallest absolute Gasteiger partial charge is 0.312 e. The number of phenols is 1. The number of esters is 1. The highest BCUT2D eigenvalue weighted by molar-refractivity contribution is 7.08. The molecular formula is C22H14O5S. The van der Waals surface area contributed by atoms with Crippen molar-refractivity contribution in [3.8, 4) is 22.8 Å². The van der Waals surface area contributed by atoms with Gasteiger partial charge >= 0.3 is 5.97 Å². The number of hydrogen-bond acceptors (Lipinski definition) is 6. The SMILES string of the molecule is O=C1CC(c2ccsc2)c2c(cc(O)c3c(=O)cc(-c4ccccc4)oc23)O1. The molecule has 4 aromatic rings. The van der Waals surface area contributed by atoms with Crippen molar-refractivity contribution >= 4 is 28.3 Å². The van der Waals surface area contributed by atoms with E-state index in [1.54, 1.807) is 0 Å². The Morgan fingerprint density at radius 3 is 2.64 bits per heavy atom. The molecule has 28 heavy (non-hydrogen) atoms. The molecule has 1 aliphatic heterocycles. The van der Waals surface area contributed by atoms with Crippen molar-refractivity contribution in [1.82, 2.24) is 0 Å². The Hall–Kier alpha value is -3.38. The summed E-state index contributed by atoms with van der Waals surface area (Å²) < 4.78 is 11.5. The summed E-state index contributed by atoms with van der Waals surface area (Å²) in [5.74, 6) is -0.331. The Bertz CT molecular complexity index is 1260. The summed E-state index contributed by atoms with van der Waals surface area (Å²) in [6.45, 7) is 0. The lowest BCUT2D eigenvalue weighted by Gasteiger charge is -2.25. The number of rotatable bonds is 2. The normalized spacial score (nSPS) is 16.0. The van der Waals surface area contributed by atoms with Crippen LogP contribution in [0.25, 0.3) is 22.3 Å². The number of thiophene rings is 1. The summed E-state index contributed by atoms with van der Waals surface area (Å²) in [6, 6.07) is 13.9. The van der Waals surface area contributed by atoms with Crippen LogP contribution in [-0.4, -0.2) is 11.1 Å². The van der Waals surface area contributed by atoms with Crippen LogP contribution in [-0.2, 0) is 4.79 Å². The van der Waals surface area contributed by atoms with E-state index < -0.39 is 0 Å². The fourth-order valence-corrected chi connectivity index (χ4v) is 4.38. The molecule has 1 unspecified atom stereocenters. The summed E-state index contributed by atoms with van der Waals surface area (Å²) in [6.07, 6.45) is 0.142. The molecule has 0 fully saturated rings. The monoisotopic (exact) mass is 390 g/mol. The minimum absolute atomic E-state index is 0.0941.